The lowest BCUT2D eigenvalue weighted by Crippen LogP contribution is -2.60. The first kappa shape index (κ1) is 27.3. The van der Waals surface area contributed by atoms with Crippen LogP contribution in [0.3, 0.4) is 0 Å². The fraction of sp³-hybridized carbons (Fsp3) is 0.679. The number of carboxylic acids is 1. The summed E-state index contributed by atoms with van der Waals surface area (Å²) >= 11 is 0. The Hall–Kier alpha value is -1.93. The summed E-state index contributed by atoms with van der Waals surface area (Å²) in [4.78, 5) is 12.2. The van der Waals surface area contributed by atoms with E-state index in [0.717, 1.165) is 12.8 Å². The number of fused-ring (bicyclic) bond motifs is 2. The van der Waals surface area contributed by atoms with Crippen LogP contribution in [0.5, 0.6) is 0 Å². The first-order valence-corrected chi connectivity index (χ1v) is 14.4. The molecule has 12 atom stereocenters. The van der Waals surface area contributed by atoms with Gasteiger partial charge in [0.25, 0.3) is 0 Å². The van der Waals surface area contributed by atoms with E-state index in [4.69, 9.17) is 0 Å². The van der Waals surface area contributed by atoms with Crippen LogP contribution in [0.1, 0.15) is 38.5 Å². The van der Waals surface area contributed by atoms with Crippen LogP contribution >= 0.6 is 0 Å². The molecule has 2 saturated heterocycles. The van der Waals surface area contributed by atoms with E-state index in [2.05, 4.69) is 46.0 Å². The molecule has 8 N–H and O–H groups in total. The number of allylic oxidation sites excluding steroid dienone is 4. The third kappa shape index (κ3) is 5.52. The van der Waals surface area contributed by atoms with Crippen LogP contribution in [0, 0.1) is 23.7 Å². The summed E-state index contributed by atoms with van der Waals surface area (Å²) in [7, 11) is 0. The third-order valence-electron chi connectivity index (χ3n) is 9.66. The minimum Gasteiger partial charge on any atom is -0.481 e. The number of hydrazine groups is 4. The van der Waals surface area contributed by atoms with Gasteiger partial charge in [-0.15, -0.1) is 0 Å². The maximum Gasteiger partial charge on any atom is 0.306 e. The second-order valence-electron chi connectivity index (χ2n) is 12.1. The van der Waals surface area contributed by atoms with Crippen molar-refractivity contribution in [2.24, 2.45) is 23.7 Å². The quantitative estimate of drug-likeness (QED) is 0.215. The van der Waals surface area contributed by atoms with E-state index in [1.165, 1.54) is 0 Å². The highest BCUT2D eigenvalue weighted by atomic mass is 16.4. The van der Waals surface area contributed by atoms with Crippen molar-refractivity contribution in [2.75, 3.05) is 6.61 Å². The molecule has 6 rings (SSSR count). The predicted octanol–water partition coefficient (Wildman–Crippen LogP) is -0.269. The van der Waals surface area contributed by atoms with E-state index in [1.54, 1.807) is 0 Å². The van der Waals surface area contributed by atoms with Crippen molar-refractivity contribution >= 4 is 5.97 Å². The number of carboxylic acid groups (broad SMARTS) is 1. The lowest BCUT2D eigenvalue weighted by atomic mass is 9.67. The Bertz CT molecular complexity index is 980. The molecule has 4 fully saturated rings. The Morgan fingerprint density at radius 1 is 0.718 bits per heavy atom. The van der Waals surface area contributed by atoms with Gasteiger partial charge in [0.1, 0.15) is 0 Å². The fourth-order valence-corrected chi connectivity index (χ4v) is 7.61. The van der Waals surface area contributed by atoms with Crippen molar-refractivity contribution < 1.29 is 25.2 Å². The Morgan fingerprint density at radius 3 is 1.64 bits per heavy atom. The molecule has 39 heavy (non-hydrogen) atoms. The molecule has 2 heterocycles. The van der Waals surface area contributed by atoms with Crippen molar-refractivity contribution in [3.8, 4) is 0 Å². The number of hydrogen-bond donors (Lipinski definition) is 8. The number of aliphatic hydroxyl groups excluding tert-OH is 3. The Labute approximate surface area is 229 Å². The monoisotopic (exact) mass is 542 g/mol. The first-order valence-electron chi connectivity index (χ1n) is 14.4. The Morgan fingerprint density at radius 2 is 1.18 bits per heavy atom. The molecule has 11 nitrogen and oxygen atoms in total. The second kappa shape index (κ2) is 11.5. The van der Waals surface area contributed by atoms with Crippen LogP contribution < -0.4 is 21.7 Å². The number of carbonyl (C=O) groups is 1. The molecule has 214 valence electrons. The van der Waals surface area contributed by atoms with E-state index in [-0.39, 0.29) is 54.6 Å². The van der Waals surface area contributed by atoms with Gasteiger partial charge in [-0.2, -0.15) is 10.2 Å². The highest BCUT2D eigenvalue weighted by molar-refractivity contribution is 5.70. The van der Waals surface area contributed by atoms with E-state index in [9.17, 15) is 25.2 Å². The van der Waals surface area contributed by atoms with Crippen LogP contribution in [0.25, 0.3) is 0 Å². The van der Waals surface area contributed by atoms with Crippen molar-refractivity contribution in [2.45, 2.75) is 87.0 Å². The molecule has 0 amide bonds. The summed E-state index contributed by atoms with van der Waals surface area (Å²) in [5, 5.41) is 46.7. The van der Waals surface area contributed by atoms with E-state index < -0.39 is 30.1 Å². The average molecular weight is 543 g/mol. The summed E-state index contributed by atoms with van der Waals surface area (Å²) in [6.07, 6.45) is 18.3. The zero-order valence-electron chi connectivity index (χ0n) is 22.1. The van der Waals surface area contributed by atoms with Crippen molar-refractivity contribution in [3.63, 3.8) is 0 Å². The molecule has 0 bridgehead atoms. The molecule has 0 spiro atoms. The maximum atomic E-state index is 12.2. The van der Waals surface area contributed by atoms with E-state index in [1.807, 2.05) is 34.5 Å². The molecular formula is C28H42N6O5. The topological polar surface area (TPSA) is 153 Å². The summed E-state index contributed by atoms with van der Waals surface area (Å²) in [6, 6.07) is -0.275. The SMILES string of the molecule is O=C(O)C1CC(CC2CC(CCO)CC(N3NC4C=CC=C[C@@H]4N3)C2O)C(O)C(N2NC3C=CC=C[C@@H]3N2)C1. The van der Waals surface area contributed by atoms with Crippen LogP contribution in [0.4, 0.5) is 0 Å². The van der Waals surface area contributed by atoms with Gasteiger partial charge in [0.2, 0.25) is 0 Å². The van der Waals surface area contributed by atoms with Gasteiger partial charge in [0, 0.05) is 6.61 Å². The molecular weight excluding hydrogens is 500 g/mol. The molecule has 2 aliphatic heterocycles. The molecule has 10 unspecified atom stereocenters. The maximum absolute atomic E-state index is 12.2. The molecule has 2 saturated carbocycles. The highest BCUT2D eigenvalue weighted by Gasteiger charge is 2.49. The zero-order valence-corrected chi connectivity index (χ0v) is 22.1. The molecule has 0 radical (unpaired) electrons. The minimum absolute atomic E-state index is 0.0554. The highest BCUT2D eigenvalue weighted by Crippen LogP contribution is 2.42. The largest absolute Gasteiger partial charge is 0.481 e. The van der Waals surface area contributed by atoms with Gasteiger partial charge >= 0.3 is 5.97 Å². The van der Waals surface area contributed by atoms with Gasteiger partial charge in [-0.3, -0.25) is 4.79 Å². The zero-order chi connectivity index (χ0) is 27.1. The standard InChI is InChI=1S/C28H42N6O5/c35-10-9-16-11-17(26(36)24(12-16)33-29-20-5-1-2-6-21(20)30-33)13-18-14-19(28(38)39)15-25(27(18)37)34-31-22-7-3-4-8-23(22)32-34/h1-8,16-27,29-32,35-37H,9-15H2,(H,38,39)/t16?,17?,18?,19?,20-,21?,22-,23?,24?,25?,26?,27?/m0/s1. The fourth-order valence-electron chi connectivity index (χ4n) is 7.61. The second-order valence-corrected chi connectivity index (χ2v) is 12.1. The van der Waals surface area contributed by atoms with Crippen molar-refractivity contribution in [3.05, 3.63) is 48.6 Å². The van der Waals surface area contributed by atoms with Crippen molar-refractivity contribution in [1.29, 1.82) is 0 Å². The van der Waals surface area contributed by atoms with Gasteiger partial charge in [0.05, 0.1) is 54.4 Å². The molecule has 0 aromatic rings. The van der Waals surface area contributed by atoms with E-state index in [0.29, 0.717) is 25.7 Å². The summed E-state index contributed by atoms with van der Waals surface area (Å²) in [5.41, 5.74) is 13.8. The smallest absolute Gasteiger partial charge is 0.306 e. The van der Waals surface area contributed by atoms with Gasteiger partial charge in [-0.25, -0.2) is 21.7 Å². The normalized spacial score (nSPS) is 45.9. The number of aliphatic carboxylic acids is 1. The minimum atomic E-state index is -0.845. The molecule has 0 aromatic heterocycles. The Balaban J connectivity index is 1.18. The lowest BCUT2D eigenvalue weighted by Gasteiger charge is -2.46. The number of aliphatic hydroxyl groups is 3. The first-order chi connectivity index (χ1) is 18.9. The number of nitrogens with one attached hydrogen (secondary N) is 4. The summed E-state index contributed by atoms with van der Waals surface area (Å²) in [6.45, 7) is 0.0878. The molecule has 6 aliphatic rings. The van der Waals surface area contributed by atoms with E-state index >= 15 is 0 Å². The number of hydrogen-bond acceptors (Lipinski definition) is 10. The molecule has 4 aliphatic carbocycles. The molecule has 11 heteroatoms. The van der Waals surface area contributed by atoms with Gasteiger partial charge in [-0.05, 0) is 56.3 Å². The van der Waals surface area contributed by atoms with Crippen LogP contribution in [-0.4, -0.2) is 91.7 Å². The van der Waals surface area contributed by atoms with Crippen LogP contribution in [-0.2, 0) is 4.79 Å². The van der Waals surface area contributed by atoms with Crippen molar-refractivity contribution in [1.82, 2.24) is 31.9 Å². The lowest BCUT2D eigenvalue weighted by molar-refractivity contribution is -0.149. The van der Waals surface area contributed by atoms with Gasteiger partial charge in [-0.1, -0.05) is 48.6 Å². The van der Waals surface area contributed by atoms with Gasteiger partial charge in [0.15, 0.2) is 0 Å². The summed E-state index contributed by atoms with van der Waals surface area (Å²) < 4.78 is 0. The third-order valence-corrected chi connectivity index (χ3v) is 9.66. The van der Waals surface area contributed by atoms with Crippen LogP contribution in [0.15, 0.2) is 48.6 Å². The number of nitrogens with zero attached hydrogens (tertiary/aromatic N) is 2. The summed E-state index contributed by atoms with van der Waals surface area (Å²) in [5.74, 6) is -1.60. The molecule has 0 aromatic carbocycles. The number of rotatable bonds is 7. The predicted molar refractivity (Wildman–Crippen MR) is 144 cm³/mol. The van der Waals surface area contributed by atoms with Gasteiger partial charge < -0.3 is 20.4 Å². The average Bonchev–Trinajstić information content (AvgIpc) is 3.56. The Kier molecular flexibility index (Phi) is 8.05. The van der Waals surface area contributed by atoms with Crippen LogP contribution in [0.2, 0.25) is 0 Å².